The highest BCUT2D eigenvalue weighted by atomic mass is 127. The zero-order chi connectivity index (χ0) is 17.6. The number of hydrogen-bond donors (Lipinski definition) is 2. The van der Waals surface area contributed by atoms with Crippen molar-refractivity contribution >= 4 is 41.3 Å². The van der Waals surface area contributed by atoms with Crippen molar-refractivity contribution in [3.05, 3.63) is 21.9 Å². The third kappa shape index (κ3) is 7.06. The summed E-state index contributed by atoms with van der Waals surface area (Å²) < 4.78 is 6.07. The molecule has 0 amide bonds. The molecule has 1 saturated heterocycles. The van der Waals surface area contributed by atoms with Gasteiger partial charge in [-0.1, -0.05) is 27.7 Å². The second-order valence-electron chi connectivity index (χ2n) is 7.59. The van der Waals surface area contributed by atoms with E-state index in [1.54, 1.807) is 0 Å². The van der Waals surface area contributed by atoms with E-state index in [9.17, 15) is 0 Å². The Kier molecular flexibility index (Phi) is 9.74. The SMILES string of the molecule is CCc1ccc(CNC(=NC)NCC2CCCOC2C(C)(C)C)s1.I. The Balaban J connectivity index is 0.00000312. The molecule has 0 radical (unpaired) electrons. The minimum atomic E-state index is 0. The number of nitrogens with one attached hydrogen (secondary N) is 2. The van der Waals surface area contributed by atoms with E-state index in [1.165, 1.54) is 16.2 Å². The molecule has 0 aromatic carbocycles. The summed E-state index contributed by atoms with van der Waals surface area (Å²) in [6.07, 6.45) is 3.78. The smallest absolute Gasteiger partial charge is 0.191 e. The van der Waals surface area contributed by atoms with Gasteiger partial charge < -0.3 is 15.4 Å². The van der Waals surface area contributed by atoms with Gasteiger partial charge in [-0.2, -0.15) is 0 Å². The molecule has 1 aromatic heterocycles. The van der Waals surface area contributed by atoms with Gasteiger partial charge in [-0.15, -0.1) is 35.3 Å². The number of aliphatic imine (C=N–C) groups is 1. The lowest BCUT2D eigenvalue weighted by molar-refractivity contribution is -0.0835. The van der Waals surface area contributed by atoms with Crippen molar-refractivity contribution in [2.45, 2.75) is 59.6 Å². The van der Waals surface area contributed by atoms with Gasteiger partial charge in [-0.05, 0) is 36.8 Å². The Bertz CT molecular complexity index is 539. The van der Waals surface area contributed by atoms with Gasteiger partial charge in [0.2, 0.25) is 0 Å². The molecule has 2 unspecified atom stereocenters. The van der Waals surface area contributed by atoms with Gasteiger partial charge >= 0.3 is 0 Å². The predicted molar refractivity (Wildman–Crippen MR) is 119 cm³/mol. The first-order chi connectivity index (χ1) is 11.4. The van der Waals surface area contributed by atoms with Crippen LogP contribution in [0.1, 0.15) is 50.3 Å². The summed E-state index contributed by atoms with van der Waals surface area (Å²) >= 11 is 1.87. The van der Waals surface area contributed by atoms with Crippen LogP contribution in [-0.4, -0.2) is 32.3 Å². The van der Waals surface area contributed by atoms with Gasteiger partial charge in [0.05, 0.1) is 12.6 Å². The van der Waals surface area contributed by atoms with Crippen molar-refractivity contribution in [2.75, 3.05) is 20.2 Å². The van der Waals surface area contributed by atoms with Crippen molar-refractivity contribution in [2.24, 2.45) is 16.3 Å². The molecule has 2 N–H and O–H groups in total. The molecule has 0 spiro atoms. The van der Waals surface area contributed by atoms with Crippen LogP contribution >= 0.6 is 35.3 Å². The Morgan fingerprint density at radius 2 is 2.00 bits per heavy atom. The van der Waals surface area contributed by atoms with Gasteiger partial charge in [0.25, 0.3) is 0 Å². The summed E-state index contributed by atoms with van der Waals surface area (Å²) in [6.45, 7) is 11.6. The van der Waals surface area contributed by atoms with Gasteiger partial charge in [0.1, 0.15) is 0 Å². The van der Waals surface area contributed by atoms with Crippen LogP contribution in [0.25, 0.3) is 0 Å². The third-order valence-electron chi connectivity index (χ3n) is 4.55. The predicted octanol–water partition coefficient (Wildman–Crippen LogP) is 4.43. The summed E-state index contributed by atoms with van der Waals surface area (Å²) in [5, 5.41) is 6.92. The highest BCUT2D eigenvalue weighted by Gasteiger charge is 2.35. The maximum atomic E-state index is 6.07. The van der Waals surface area contributed by atoms with Crippen molar-refractivity contribution < 1.29 is 4.74 Å². The molecule has 2 heterocycles. The zero-order valence-corrected chi connectivity index (χ0v) is 19.4. The highest BCUT2D eigenvalue weighted by Crippen LogP contribution is 2.33. The van der Waals surface area contributed by atoms with Gasteiger partial charge in [0, 0.05) is 35.9 Å². The Hall–Kier alpha value is -0.340. The molecule has 1 aliphatic rings. The second kappa shape index (κ2) is 10.7. The standard InChI is InChI=1S/C19H33N3OS.HI/c1-6-15-9-10-16(24-15)13-22-18(20-5)21-12-14-8-7-11-23-17(14)19(2,3)4;/h9-10,14,17H,6-8,11-13H2,1-5H3,(H2,20,21,22);1H. The maximum Gasteiger partial charge on any atom is 0.191 e. The van der Waals surface area contributed by atoms with E-state index in [0.717, 1.165) is 38.5 Å². The summed E-state index contributed by atoms with van der Waals surface area (Å²) in [5.74, 6) is 1.41. The number of aryl methyl sites for hydroxylation is 1. The van der Waals surface area contributed by atoms with Gasteiger partial charge in [-0.25, -0.2) is 0 Å². The molecule has 0 aliphatic carbocycles. The minimum absolute atomic E-state index is 0. The Morgan fingerprint density at radius 3 is 2.60 bits per heavy atom. The quantitative estimate of drug-likeness (QED) is 0.373. The molecular weight excluding hydrogens is 445 g/mol. The number of rotatable bonds is 5. The molecular formula is C19H34IN3OS. The third-order valence-corrected chi connectivity index (χ3v) is 5.78. The van der Waals surface area contributed by atoms with Crippen LogP contribution in [0, 0.1) is 11.3 Å². The molecule has 4 nitrogen and oxygen atoms in total. The fourth-order valence-corrected chi connectivity index (χ4v) is 4.23. The van der Waals surface area contributed by atoms with Crippen LogP contribution in [0.3, 0.4) is 0 Å². The van der Waals surface area contributed by atoms with Crippen LogP contribution < -0.4 is 10.6 Å². The summed E-state index contributed by atoms with van der Waals surface area (Å²) in [6, 6.07) is 4.42. The number of guanidine groups is 1. The topological polar surface area (TPSA) is 45.7 Å². The first-order valence-corrected chi connectivity index (χ1v) is 9.89. The molecule has 0 bridgehead atoms. The molecule has 1 aromatic rings. The average molecular weight is 479 g/mol. The Morgan fingerprint density at radius 1 is 1.28 bits per heavy atom. The lowest BCUT2D eigenvalue weighted by Gasteiger charge is -2.40. The fourth-order valence-electron chi connectivity index (χ4n) is 3.34. The van der Waals surface area contributed by atoms with Crippen LogP contribution in [-0.2, 0) is 17.7 Å². The molecule has 0 saturated carbocycles. The summed E-state index contributed by atoms with van der Waals surface area (Å²) in [5.41, 5.74) is 0.178. The van der Waals surface area contributed by atoms with E-state index in [4.69, 9.17) is 4.74 Å². The number of ether oxygens (including phenoxy) is 1. The van der Waals surface area contributed by atoms with Crippen LogP contribution in [0.2, 0.25) is 0 Å². The summed E-state index contributed by atoms with van der Waals surface area (Å²) in [4.78, 5) is 7.14. The maximum absolute atomic E-state index is 6.07. The van der Waals surface area contributed by atoms with Crippen molar-refractivity contribution in [1.82, 2.24) is 10.6 Å². The minimum Gasteiger partial charge on any atom is -0.377 e. The van der Waals surface area contributed by atoms with E-state index in [-0.39, 0.29) is 29.4 Å². The number of hydrogen-bond acceptors (Lipinski definition) is 3. The van der Waals surface area contributed by atoms with Crippen LogP contribution in [0.5, 0.6) is 0 Å². The first kappa shape index (κ1) is 22.7. The molecule has 2 atom stereocenters. The van der Waals surface area contributed by atoms with Crippen molar-refractivity contribution in [3.8, 4) is 0 Å². The van der Waals surface area contributed by atoms with Crippen molar-refractivity contribution in [3.63, 3.8) is 0 Å². The number of nitrogens with zero attached hydrogens (tertiary/aromatic N) is 1. The van der Waals surface area contributed by atoms with E-state index in [2.05, 4.69) is 55.5 Å². The number of halogens is 1. The molecule has 6 heteroatoms. The summed E-state index contributed by atoms with van der Waals surface area (Å²) in [7, 11) is 1.83. The van der Waals surface area contributed by atoms with Crippen LogP contribution in [0.15, 0.2) is 17.1 Å². The average Bonchev–Trinajstić information content (AvgIpc) is 3.02. The second-order valence-corrected chi connectivity index (χ2v) is 8.84. The monoisotopic (exact) mass is 479 g/mol. The normalized spacial score (nSPS) is 21.6. The van der Waals surface area contributed by atoms with Gasteiger partial charge in [0.15, 0.2) is 5.96 Å². The highest BCUT2D eigenvalue weighted by molar-refractivity contribution is 14.0. The lowest BCUT2D eigenvalue weighted by atomic mass is 9.78. The van der Waals surface area contributed by atoms with E-state index >= 15 is 0 Å². The first-order valence-electron chi connectivity index (χ1n) is 9.07. The van der Waals surface area contributed by atoms with Gasteiger partial charge in [-0.3, -0.25) is 4.99 Å². The number of thiophene rings is 1. The molecule has 2 rings (SSSR count). The molecule has 25 heavy (non-hydrogen) atoms. The van der Waals surface area contributed by atoms with E-state index in [0.29, 0.717) is 12.0 Å². The lowest BCUT2D eigenvalue weighted by Crippen LogP contribution is -2.47. The van der Waals surface area contributed by atoms with E-state index in [1.807, 2.05) is 18.4 Å². The van der Waals surface area contributed by atoms with Crippen molar-refractivity contribution in [1.29, 1.82) is 0 Å². The zero-order valence-electron chi connectivity index (χ0n) is 16.2. The van der Waals surface area contributed by atoms with E-state index < -0.39 is 0 Å². The van der Waals surface area contributed by atoms with Crippen LogP contribution in [0.4, 0.5) is 0 Å². The largest absolute Gasteiger partial charge is 0.377 e. The Labute approximate surface area is 174 Å². The molecule has 144 valence electrons. The molecule has 1 aliphatic heterocycles. The fraction of sp³-hybridized carbons (Fsp3) is 0.737. The molecule has 1 fully saturated rings.